The molecule has 2 heterocycles. The molecule has 1 aromatic rings. The Morgan fingerprint density at radius 3 is 2.25 bits per heavy atom. The molecular weight excluding hydrogens is 300 g/mol. The maximum absolute atomic E-state index is 12.0. The lowest BCUT2D eigenvalue weighted by Crippen LogP contribution is -2.44. The molecule has 7 nitrogen and oxygen atoms in total. The molecule has 1 aliphatic rings. The number of anilines is 2. The van der Waals surface area contributed by atoms with Crippen LogP contribution in [0.4, 0.5) is 10.7 Å². The molecule has 0 aliphatic carbocycles. The molecule has 0 spiro atoms. The third-order valence-electron chi connectivity index (χ3n) is 3.27. The number of piperazine rings is 1. The molecule has 1 amide bonds. The van der Waals surface area contributed by atoms with E-state index in [0.29, 0.717) is 18.1 Å². The van der Waals surface area contributed by atoms with Crippen LogP contribution in [-0.4, -0.2) is 58.7 Å². The zero-order valence-corrected chi connectivity index (χ0v) is 13.1. The third kappa shape index (κ3) is 2.74. The quantitative estimate of drug-likeness (QED) is 0.783. The Morgan fingerprint density at radius 1 is 1.25 bits per heavy atom. The van der Waals surface area contributed by atoms with Gasteiger partial charge in [0.2, 0.25) is 0 Å². The van der Waals surface area contributed by atoms with E-state index in [-0.39, 0.29) is 15.5 Å². The van der Waals surface area contributed by atoms with Gasteiger partial charge in [0.25, 0.3) is 5.91 Å². The van der Waals surface area contributed by atoms with Gasteiger partial charge in [0.1, 0.15) is 14.8 Å². The first-order valence-corrected chi connectivity index (χ1v) is 8.78. The lowest BCUT2D eigenvalue weighted by molar-refractivity contribution is 0.100. The average Bonchev–Trinajstić information content (AvgIpc) is 2.67. The highest BCUT2D eigenvalue weighted by Crippen LogP contribution is 2.41. The van der Waals surface area contributed by atoms with Gasteiger partial charge in [0, 0.05) is 32.4 Å². The Hall–Kier alpha value is -1.32. The minimum atomic E-state index is -3.52. The van der Waals surface area contributed by atoms with Gasteiger partial charge in [-0.25, -0.2) is 8.42 Å². The van der Waals surface area contributed by atoms with Crippen LogP contribution in [0, 0.1) is 0 Å². The molecule has 0 unspecified atom stereocenters. The Kier molecular flexibility index (Phi) is 3.94. The number of nitrogen functional groups attached to an aromatic ring is 1. The zero-order valence-electron chi connectivity index (χ0n) is 11.4. The van der Waals surface area contributed by atoms with E-state index in [9.17, 15) is 13.2 Å². The molecular formula is C11H18N4O3S2. The van der Waals surface area contributed by atoms with Crippen molar-refractivity contribution in [1.29, 1.82) is 0 Å². The topological polar surface area (TPSA) is 110 Å². The summed E-state index contributed by atoms with van der Waals surface area (Å²) in [5.74, 6) is -0.697. The number of carbonyl (C=O) groups excluding carboxylic acids is 1. The summed E-state index contributed by atoms with van der Waals surface area (Å²) in [5, 5.41) is 0.520. The summed E-state index contributed by atoms with van der Waals surface area (Å²) in [4.78, 5) is 15.6. The zero-order chi connectivity index (χ0) is 15.1. The highest BCUT2D eigenvalue weighted by Gasteiger charge is 2.30. The highest BCUT2D eigenvalue weighted by atomic mass is 32.2. The first kappa shape index (κ1) is 15.1. The number of nitrogens with zero attached hydrogens (tertiary/aromatic N) is 2. The van der Waals surface area contributed by atoms with E-state index in [0.717, 1.165) is 30.7 Å². The summed E-state index contributed by atoms with van der Waals surface area (Å²) in [7, 11) is -1.51. The fraction of sp³-hybridized carbons (Fsp3) is 0.545. The van der Waals surface area contributed by atoms with Crippen LogP contribution in [0.1, 0.15) is 9.67 Å². The molecule has 4 N–H and O–H groups in total. The maximum atomic E-state index is 12.0. The van der Waals surface area contributed by atoms with Crippen molar-refractivity contribution in [2.45, 2.75) is 4.90 Å². The van der Waals surface area contributed by atoms with Crippen molar-refractivity contribution in [2.24, 2.45) is 5.73 Å². The minimum Gasteiger partial charge on any atom is -0.396 e. The summed E-state index contributed by atoms with van der Waals surface area (Å²) in [6.07, 6.45) is 1.09. The number of thiophene rings is 1. The summed E-state index contributed by atoms with van der Waals surface area (Å²) < 4.78 is 23.9. The van der Waals surface area contributed by atoms with Gasteiger partial charge in [0.05, 0.1) is 5.69 Å². The summed E-state index contributed by atoms with van der Waals surface area (Å²) in [6, 6.07) is 0. The molecule has 0 atom stereocenters. The second-order valence-corrected chi connectivity index (χ2v) is 7.86. The normalized spacial score (nSPS) is 17.4. The summed E-state index contributed by atoms with van der Waals surface area (Å²) in [6.45, 7) is 3.04. The van der Waals surface area contributed by atoms with Crippen LogP contribution in [-0.2, 0) is 9.84 Å². The van der Waals surface area contributed by atoms with Crippen LogP contribution in [0.5, 0.6) is 0 Å². The Balaban J connectivity index is 2.52. The molecule has 1 aromatic heterocycles. The van der Waals surface area contributed by atoms with Crippen molar-refractivity contribution in [3.63, 3.8) is 0 Å². The van der Waals surface area contributed by atoms with E-state index in [1.807, 2.05) is 11.9 Å². The average molecular weight is 318 g/mol. The Labute approximate surface area is 122 Å². The summed E-state index contributed by atoms with van der Waals surface area (Å²) >= 11 is 1.06. The lowest BCUT2D eigenvalue weighted by atomic mass is 10.3. The van der Waals surface area contributed by atoms with Gasteiger partial charge in [-0.1, -0.05) is 0 Å². The predicted octanol–water partition coefficient (Wildman–Crippen LogP) is -0.415. The Bertz CT molecular complexity index is 630. The molecule has 1 saturated heterocycles. The SMILES string of the molecule is CN1CCN(c2sc(C(N)=O)c(N)c2S(C)(=O)=O)CC1. The van der Waals surface area contributed by atoms with E-state index in [1.165, 1.54) is 0 Å². The van der Waals surface area contributed by atoms with Gasteiger partial charge in [0.15, 0.2) is 9.84 Å². The maximum Gasteiger partial charge on any atom is 0.261 e. The van der Waals surface area contributed by atoms with Crippen molar-refractivity contribution < 1.29 is 13.2 Å². The third-order valence-corrected chi connectivity index (χ3v) is 5.83. The van der Waals surface area contributed by atoms with Gasteiger partial charge >= 0.3 is 0 Å². The van der Waals surface area contributed by atoms with Crippen LogP contribution in [0.2, 0.25) is 0 Å². The monoisotopic (exact) mass is 318 g/mol. The van der Waals surface area contributed by atoms with Crippen molar-refractivity contribution in [2.75, 3.05) is 50.1 Å². The fourth-order valence-electron chi connectivity index (χ4n) is 2.18. The number of amides is 1. The largest absolute Gasteiger partial charge is 0.396 e. The second kappa shape index (κ2) is 5.23. The first-order chi connectivity index (χ1) is 9.21. The van der Waals surface area contributed by atoms with Crippen molar-refractivity contribution in [1.82, 2.24) is 4.90 Å². The number of rotatable bonds is 3. The number of carbonyl (C=O) groups is 1. The molecule has 0 bridgehead atoms. The van der Waals surface area contributed by atoms with E-state index in [2.05, 4.69) is 4.90 Å². The van der Waals surface area contributed by atoms with Crippen LogP contribution in [0.3, 0.4) is 0 Å². The van der Waals surface area contributed by atoms with Crippen LogP contribution >= 0.6 is 11.3 Å². The molecule has 1 aliphatic heterocycles. The standard InChI is InChI=1S/C11H18N4O3S2/c1-14-3-5-15(6-4-14)11-9(20(2,17)18)7(12)8(19-11)10(13)16/h3-6,12H2,1-2H3,(H2,13,16). The number of likely N-dealkylation sites (N-methyl/N-ethyl adjacent to an activating group) is 1. The van der Waals surface area contributed by atoms with E-state index in [1.54, 1.807) is 0 Å². The van der Waals surface area contributed by atoms with Gasteiger partial charge in [-0.3, -0.25) is 4.79 Å². The number of nitrogens with two attached hydrogens (primary N) is 2. The van der Waals surface area contributed by atoms with Crippen LogP contribution < -0.4 is 16.4 Å². The van der Waals surface area contributed by atoms with Crippen molar-refractivity contribution in [3.8, 4) is 0 Å². The minimum absolute atomic E-state index is 0.0286. The van der Waals surface area contributed by atoms with Crippen molar-refractivity contribution >= 4 is 37.8 Å². The van der Waals surface area contributed by atoms with Crippen molar-refractivity contribution in [3.05, 3.63) is 4.88 Å². The molecule has 20 heavy (non-hydrogen) atoms. The molecule has 2 rings (SSSR count). The number of hydrogen-bond acceptors (Lipinski definition) is 7. The van der Waals surface area contributed by atoms with Gasteiger partial charge in [-0.2, -0.15) is 0 Å². The molecule has 9 heteroatoms. The second-order valence-electron chi connectivity index (χ2n) is 4.91. The molecule has 0 saturated carbocycles. The lowest BCUT2D eigenvalue weighted by Gasteiger charge is -2.33. The van der Waals surface area contributed by atoms with E-state index in [4.69, 9.17) is 11.5 Å². The van der Waals surface area contributed by atoms with Gasteiger partial charge in [-0.05, 0) is 7.05 Å². The molecule has 112 valence electrons. The van der Waals surface area contributed by atoms with Gasteiger partial charge in [-0.15, -0.1) is 11.3 Å². The van der Waals surface area contributed by atoms with Crippen LogP contribution in [0.25, 0.3) is 0 Å². The van der Waals surface area contributed by atoms with E-state index < -0.39 is 15.7 Å². The molecule has 1 fully saturated rings. The molecule has 0 radical (unpaired) electrons. The van der Waals surface area contributed by atoms with Crippen LogP contribution in [0.15, 0.2) is 4.90 Å². The first-order valence-electron chi connectivity index (χ1n) is 6.07. The number of sulfone groups is 1. The number of primary amides is 1. The molecule has 0 aromatic carbocycles. The smallest absolute Gasteiger partial charge is 0.261 e. The number of hydrogen-bond donors (Lipinski definition) is 2. The fourth-order valence-corrected chi connectivity index (χ4v) is 4.79. The van der Waals surface area contributed by atoms with Gasteiger partial charge < -0.3 is 21.3 Å². The van der Waals surface area contributed by atoms with E-state index >= 15 is 0 Å². The highest BCUT2D eigenvalue weighted by molar-refractivity contribution is 7.91. The Morgan fingerprint density at radius 2 is 1.80 bits per heavy atom. The summed E-state index contributed by atoms with van der Waals surface area (Å²) in [5.41, 5.74) is 11.1. The predicted molar refractivity (Wildman–Crippen MR) is 80.1 cm³/mol.